The van der Waals surface area contributed by atoms with E-state index in [1.54, 1.807) is 11.3 Å². The van der Waals surface area contributed by atoms with Gasteiger partial charge in [-0.25, -0.2) is 4.98 Å². The van der Waals surface area contributed by atoms with Crippen molar-refractivity contribution in [1.29, 1.82) is 0 Å². The molecule has 0 spiro atoms. The number of nitrogens with zero attached hydrogens (tertiary/aromatic N) is 2. The lowest BCUT2D eigenvalue weighted by atomic mass is 9.82. The summed E-state index contributed by atoms with van der Waals surface area (Å²) in [6.45, 7) is 6.75. The average Bonchev–Trinajstić information content (AvgIpc) is 2.80. The predicted molar refractivity (Wildman–Crippen MR) is 87.8 cm³/mol. The first-order valence-electron chi connectivity index (χ1n) is 7.77. The van der Waals surface area contributed by atoms with E-state index in [0.717, 1.165) is 29.5 Å². The number of nitrogen functional groups attached to an aromatic ring is 1. The maximum atomic E-state index is 6.22. The summed E-state index contributed by atoms with van der Waals surface area (Å²) >= 11 is 1.68. The summed E-state index contributed by atoms with van der Waals surface area (Å²) < 4.78 is 6.22. The molecular formula is C16H23N3OS. The van der Waals surface area contributed by atoms with Crippen molar-refractivity contribution < 1.29 is 4.74 Å². The van der Waals surface area contributed by atoms with Crippen LogP contribution < -0.4 is 10.5 Å². The van der Waals surface area contributed by atoms with E-state index in [2.05, 4.69) is 36.8 Å². The van der Waals surface area contributed by atoms with Gasteiger partial charge >= 0.3 is 0 Å². The lowest BCUT2D eigenvalue weighted by Gasteiger charge is -2.31. The van der Waals surface area contributed by atoms with Crippen molar-refractivity contribution in [3.63, 3.8) is 0 Å². The van der Waals surface area contributed by atoms with E-state index in [4.69, 9.17) is 10.5 Å². The summed E-state index contributed by atoms with van der Waals surface area (Å²) in [5.41, 5.74) is 5.84. The predicted octanol–water partition coefficient (Wildman–Crippen LogP) is 4.04. The minimum Gasteiger partial charge on any atom is -0.474 e. The number of thiophene rings is 1. The topological polar surface area (TPSA) is 61.0 Å². The van der Waals surface area contributed by atoms with E-state index >= 15 is 0 Å². The highest BCUT2D eigenvalue weighted by molar-refractivity contribution is 7.18. The van der Waals surface area contributed by atoms with E-state index in [1.807, 2.05) is 0 Å². The number of anilines is 1. The molecule has 4 nitrogen and oxygen atoms in total. The number of aryl methyl sites for hydroxylation is 1. The molecule has 1 aliphatic rings. The van der Waals surface area contributed by atoms with Gasteiger partial charge < -0.3 is 10.5 Å². The van der Waals surface area contributed by atoms with E-state index < -0.39 is 0 Å². The van der Waals surface area contributed by atoms with Crippen LogP contribution >= 0.6 is 11.3 Å². The van der Waals surface area contributed by atoms with Gasteiger partial charge in [0.2, 0.25) is 11.8 Å². The average molecular weight is 305 g/mol. The summed E-state index contributed by atoms with van der Waals surface area (Å²) in [5.74, 6) is 2.39. The van der Waals surface area contributed by atoms with Crippen LogP contribution in [0.2, 0.25) is 0 Å². The number of hydrogen-bond acceptors (Lipinski definition) is 5. The Morgan fingerprint density at radius 1 is 1.24 bits per heavy atom. The standard InChI is InChI=1S/C16H23N3OS/c1-4-12-8-13-14(18-16(17)19-15(13)21-12)20-11-6-9(2)5-10(3)7-11/h8-11H,4-7H2,1-3H3,(H2,17,18,19). The van der Waals surface area contributed by atoms with Crippen LogP contribution in [0.4, 0.5) is 5.95 Å². The SMILES string of the molecule is CCc1cc2c(OC3CC(C)CC(C)C3)nc(N)nc2s1. The van der Waals surface area contributed by atoms with Gasteiger partial charge in [-0.15, -0.1) is 11.3 Å². The van der Waals surface area contributed by atoms with Gasteiger partial charge in [-0.2, -0.15) is 4.98 Å². The number of rotatable bonds is 3. The van der Waals surface area contributed by atoms with Crippen LogP contribution in [-0.2, 0) is 6.42 Å². The Hall–Kier alpha value is -1.36. The molecule has 2 aromatic rings. The first-order chi connectivity index (χ1) is 10.0. The highest BCUT2D eigenvalue weighted by Gasteiger charge is 2.26. The minimum absolute atomic E-state index is 0.242. The third-order valence-corrected chi connectivity index (χ3v) is 5.36. The zero-order valence-electron chi connectivity index (χ0n) is 12.9. The maximum absolute atomic E-state index is 6.22. The Bertz CT molecular complexity index is 630. The fraction of sp³-hybridized carbons (Fsp3) is 0.625. The highest BCUT2D eigenvalue weighted by atomic mass is 32.1. The van der Waals surface area contributed by atoms with Crippen molar-refractivity contribution in [3.05, 3.63) is 10.9 Å². The Morgan fingerprint density at radius 2 is 1.95 bits per heavy atom. The summed E-state index contributed by atoms with van der Waals surface area (Å²) in [6.07, 6.45) is 4.73. The van der Waals surface area contributed by atoms with Gasteiger partial charge in [-0.3, -0.25) is 0 Å². The molecule has 1 fully saturated rings. The van der Waals surface area contributed by atoms with Crippen LogP contribution in [0.1, 0.15) is 44.9 Å². The number of aromatic nitrogens is 2. The smallest absolute Gasteiger partial charge is 0.227 e. The van der Waals surface area contributed by atoms with Crippen molar-refractivity contribution in [2.75, 3.05) is 5.73 Å². The van der Waals surface area contributed by atoms with Crippen molar-refractivity contribution >= 4 is 27.5 Å². The maximum Gasteiger partial charge on any atom is 0.227 e. The highest BCUT2D eigenvalue weighted by Crippen LogP contribution is 2.35. The Kier molecular flexibility index (Phi) is 4.02. The molecule has 2 aromatic heterocycles. The second-order valence-electron chi connectivity index (χ2n) is 6.33. The van der Waals surface area contributed by atoms with Gasteiger partial charge in [-0.1, -0.05) is 20.8 Å². The molecule has 114 valence electrons. The molecule has 1 aliphatic carbocycles. The van der Waals surface area contributed by atoms with Gasteiger partial charge in [0.1, 0.15) is 10.9 Å². The number of fused-ring (bicyclic) bond motifs is 1. The lowest BCUT2D eigenvalue weighted by molar-refractivity contribution is 0.0984. The summed E-state index contributed by atoms with van der Waals surface area (Å²) in [6, 6.07) is 2.14. The largest absolute Gasteiger partial charge is 0.474 e. The van der Waals surface area contributed by atoms with E-state index in [-0.39, 0.29) is 6.10 Å². The molecular weight excluding hydrogens is 282 g/mol. The first-order valence-corrected chi connectivity index (χ1v) is 8.59. The molecule has 5 heteroatoms. The fourth-order valence-corrected chi connectivity index (χ4v) is 4.32. The van der Waals surface area contributed by atoms with Gasteiger partial charge in [0.05, 0.1) is 5.39 Å². The Morgan fingerprint density at radius 3 is 2.62 bits per heavy atom. The molecule has 0 aromatic carbocycles. The third kappa shape index (κ3) is 3.12. The molecule has 2 heterocycles. The second kappa shape index (κ2) is 5.79. The van der Waals surface area contributed by atoms with E-state index in [1.165, 1.54) is 11.3 Å². The van der Waals surface area contributed by atoms with Crippen LogP contribution in [0.5, 0.6) is 5.88 Å². The van der Waals surface area contributed by atoms with Crippen molar-refractivity contribution in [1.82, 2.24) is 9.97 Å². The number of ether oxygens (including phenoxy) is 1. The summed E-state index contributed by atoms with van der Waals surface area (Å²) in [5, 5.41) is 1.01. The van der Waals surface area contributed by atoms with E-state index in [0.29, 0.717) is 23.7 Å². The van der Waals surface area contributed by atoms with Crippen molar-refractivity contribution in [3.8, 4) is 5.88 Å². The quantitative estimate of drug-likeness (QED) is 0.929. The van der Waals surface area contributed by atoms with Crippen LogP contribution in [-0.4, -0.2) is 16.1 Å². The zero-order valence-corrected chi connectivity index (χ0v) is 13.7. The molecule has 2 N–H and O–H groups in total. The summed E-state index contributed by atoms with van der Waals surface area (Å²) in [7, 11) is 0. The van der Waals surface area contributed by atoms with Crippen LogP contribution in [0.15, 0.2) is 6.07 Å². The molecule has 0 saturated heterocycles. The summed E-state index contributed by atoms with van der Waals surface area (Å²) in [4.78, 5) is 10.9. The zero-order chi connectivity index (χ0) is 15.0. The van der Waals surface area contributed by atoms with Gasteiger partial charge in [0.25, 0.3) is 0 Å². The molecule has 0 aliphatic heterocycles. The fourth-order valence-electron chi connectivity index (χ4n) is 3.35. The van der Waals surface area contributed by atoms with Crippen molar-refractivity contribution in [2.45, 2.75) is 52.6 Å². The van der Waals surface area contributed by atoms with Gasteiger partial charge in [0.15, 0.2) is 0 Å². The van der Waals surface area contributed by atoms with Crippen LogP contribution in [0, 0.1) is 11.8 Å². The molecule has 3 rings (SSSR count). The number of nitrogens with two attached hydrogens (primary N) is 1. The Balaban J connectivity index is 1.90. The third-order valence-electron chi connectivity index (χ3n) is 4.19. The molecule has 0 radical (unpaired) electrons. The Labute approximate surface area is 129 Å². The molecule has 21 heavy (non-hydrogen) atoms. The van der Waals surface area contributed by atoms with E-state index in [9.17, 15) is 0 Å². The molecule has 0 bridgehead atoms. The van der Waals surface area contributed by atoms with Crippen LogP contribution in [0.3, 0.4) is 0 Å². The van der Waals surface area contributed by atoms with Crippen molar-refractivity contribution in [2.24, 2.45) is 11.8 Å². The normalized spacial score (nSPS) is 26.1. The minimum atomic E-state index is 0.242. The second-order valence-corrected chi connectivity index (χ2v) is 7.44. The molecule has 0 amide bonds. The lowest BCUT2D eigenvalue weighted by Crippen LogP contribution is -2.28. The number of hydrogen-bond donors (Lipinski definition) is 1. The molecule has 1 saturated carbocycles. The van der Waals surface area contributed by atoms with Crippen LogP contribution in [0.25, 0.3) is 10.2 Å². The monoisotopic (exact) mass is 305 g/mol. The van der Waals surface area contributed by atoms with Gasteiger partial charge in [0, 0.05) is 4.88 Å². The molecule has 2 unspecified atom stereocenters. The van der Waals surface area contributed by atoms with Gasteiger partial charge in [-0.05, 0) is 43.6 Å². The first kappa shape index (κ1) is 14.6. The molecule has 2 atom stereocenters.